The van der Waals surface area contributed by atoms with E-state index in [1.54, 1.807) is 7.11 Å². The zero-order valence-electron chi connectivity index (χ0n) is 10.7. The first kappa shape index (κ1) is 13.5. The molecular formula is C12H18N2O3S. The van der Waals surface area contributed by atoms with Crippen LogP contribution >= 0.6 is 11.3 Å². The molecule has 1 aromatic heterocycles. The van der Waals surface area contributed by atoms with Crippen LogP contribution in [-0.2, 0) is 22.6 Å². The van der Waals surface area contributed by atoms with Crippen molar-refractivity contribution in [2.75, 3.05) is 20.8 Å². The maximum absolute atomic E-state index is 11.6. The Morgan fingerprint density at radius 3 is 2.89 bits per heavy atom. The summed E-state index contributed by atoms with van der Waals surface area (Å²) in [7, 11) is 2.97. The zero-order valence-corrected chi connectivity index (χ0v) is 11.5. The molecule has 100 valence electrons. The molecule has 0 aromatic carbocycles. The zero-order chi connectivity index (χ0) is 13.0. The number of ether oxygens (including phenoxy) is 2. The Bertz CT molecular complexity index is 415. The SMILES string of the molecule is COCc1nc(CNCC2CC2)sc1C(=O)OC. The third-order valence-corrected chi connectivity index (χ3v) is 3.88. The highest BCUT2D eigenvalue weighted by Crippen LogP contribution is 2.28. The van der Waals surface area contributed by atoms with Gasteiger partial charge in [-0.3, -0.25) is 0 Å². The van der Waals surface area contributed by atoms with Gasteiger partial charge in [0.2, 0.25) is 0 Å². The van der Waals surface area contributed by atoms with Crippen molar-refractivity contribution in [3.05, 3.63) is 15.6 Å². The molecule has 0 unspecified atom stereocenters. The van der Waals surface area contributed by atoms with Crippen molar-refractivity contribution >= 4 is 17.3 Å². The standard InChI is InChI=1S/C12H18N2O3S/c1-16-7-9-11(12(15)17-2)18-10(14-9)6-13-5-8-3-4-8/h8,13H,3-7H2,1-2H3. The number of carbonyl (C=O) groups excluding carboxylic acids is 1. The average Bonchev–Trinajstić information content (AvgIpc) is 3.10. The van der Waals surface area contributed by atoms with Gasteiger partial charge in [0.1, 0.15) is 9.88 Å². The van der Waals surface area contributed by atoms with E-state index in [0.717, 1.165) is 17.5 Å². The van der Waals surface area contributed by atoms with E-state index in [2.05, 4.69) is 10.3 Å². The Morgan fingerprint density at radius 2 is 2.28 bits per heavy atom. The normalized spacial score (nSPS) is 14.8. The first-order valence-electron chi connectivity index (χ1n) is 6.01. The number of hydrogen-bond acceptors (Lipinski definition) is 6. The van der Waals surface area contributed by atoms with Gasteiger partial charge in [-0.15, -0.1) is 11.3 Å². The lowest BCUT2D eigenvalue weighted by Crippen LogP contribution is -2.15. The number of nitrogens with one attached hydrogen (secondary N) is 1. The average molecular weight is 270 g/mol. The number of rotatable bonds is 7. The third-order valence-electron chi connectivity index (χ3n) is 2.80. The molecule has 1 fully saturated rings. The monoisotopic (exact) mass is 270 g/mol. The van der Waals surface area contributed by atoms with Crippen LogP contribution in [0.4, 0.5) is 0 Å². The Labute approximate surface area is 111 Å². The first-order valence-corrected chi connectivity index (χ1v) is 6.82. The molecule has 5 nitrogen and oxygen atoms in total. The summed E-state index contributed by atoms with van der Waals surface area (Å²) < 4.78 is 9.79. The summed E-state index contributed by atoms with van der Waals surface area (Å²) in [5.74, 6) is 0.497. The Kier molecular flexibility index (Phi) is 4.68. The molecule has 0 amide bonds. The summed E-state index contributed by atoms with van der Waals surface area (Å²) in [6, 6.07) is 0. The highest BCUT2D eigenvalue weighted by Gasteiger charge is 2.21. The lowest BCUT2D eigenvalue weighted by Gasteiger charge is -1.98. The highest BCUT2D eigenvalue weighted by molar-refractivity contribution is 7.13. The quantitative estimate of drug-likeness (QED) is 0.762. The van der Waals surface area contributed by atoms with Gasteiger partial charge in [-0.05, 0) is 25.3 Å². The summed E-state index contributed by atoms with van der Waals surface area (Å²) in [4.78, 5) is 16.5. The molecule has 0 aliphatic heterocycles. The van der Waals surface area contributed by atoms with Gasteiger partial charge in [0.05, 0.1) is 19.4 Å². The van der Waals surface area contributed by atoms with E-state index in [1.807, 2.05) is 0 Å². The molecule has 1 aliphatic carbocycles. The molecule has 0 radical (unpaired) electrons. The molecule has 0 atom stereocenters. The summed E-state index contributed by atoms with van der Waals surface area (Å²) in [5, 5.41) is 4.26. The molecule has 0 bridgehead atoms. The van der Waals surface area contributed by atoms with Crippen LogP contribution in [0.1, 0.15) is 33.2 Å². The second-order valence-corrected chi connectivity index (χ2v) is 5.47. The van der Waals surface area contributed by atoms with E-state index in [-0.39, 0.29) is 5.97 Å². The van der Waals surface area contributed by atoms with Crippen LogP contribution in [-0.4, -0.2) is 31.7 Å². The summed E-state index contributed by atoms with van der Waals surface area (Å²) in [6.45, 7) is 2.07. The minimum atomic E-state index is -0.340. The number of esters is 1. The van der Waals surface area contributed by atoms with E-state index in [1.165, 1.54) is 31.3 Å². The summed E-state index contributed by atoms with van der Waals surface area (Å²) in [6.07, 6.45) is 2.65. The van der Waals surface area contributed by atoms with Crippen LogP contribution < -0.4 is 5.32 Å². The molecule has 1 N–H and O–H groups in total. The lowest BCUT2D eigenvalue weighted by molar-refractivity contribution is 0.0601. The van der Waals surface area contributed by atoms with Crippen molar-refractivity contribution in [1.82, 2.24) is 10.3 Å². The smallest absolute Gasteiger partial charge is 0.350 e. The van der Waals surface area contributed by atoms with Gasteiger partial charge in [-0.25, -0.2) is 9.78 Å². The predicted molar refractivity (Wildman–Crippen MR) is 68.6 cm³/mol. The van der Waals surface area contributed by atoms with Gasteiger partial charge < -0.3 is 14.8 Å². The Hall–Kier alpha value is -0.980. The molecule has 1 aromatic rings. The number of hydrogen-bond donors (Lipinski definition) is 1. The molecule has 0 spiro atoms. The fourth-order valence-electron chi connectivity index (χ4n) is 1.67. The number of thiazole rings is 1. The number of carbonyl (C=O) groups is 1. The van der Waals surface area contributed by atoms with Gasteiger partial charge in [-0.1, -0.05) is 0 Å². The Balaban J connectivity index is 1.98. The number of aromatic nitrogens is 1. The fraction of sp³-hybridized carbons (Fsp3) is 0.667. The van der Waals surface area contributed by atoms with Gasteiger partial charge >= 0.3 is 5.97 Å². The van der Waals surface area contributed by atoms with Gasteiger partial charge in [0.15, 0.2) is 0 Å². The van der Waals surface area contributed by atoms with E-state index in [0.29, 0.717) is 23.7 Å². The Morgan fingerprint density at radius 1 is 1.50 bits per heavy atom. The summed E-state index contributed by atoms with van der Waals surface area (Å²) >= 11 is 1.38. The first-order chi connectivity index (χ1) is 8.74. The van der Waals surface area contributed by atoms with Crippen molar-refractivity contribution in [2.45, 2.75) is 26.0 Å². The second-order valence-electron chi connectivity index (χ2n) is 4.38. The van der Waals surface area contributed by atoms with Crippen molar-refractivity contribution in [3.63, 3.8) is 0 Å². The maximum Gasteiger partial charge on any atom is 0.350 e. The molecular weight excluding hydrogens is 252 g/mol. The molecule has 6 heteroatoms. The molecule has 18 heavy (non-hydrogen) atoms. The van der Waals surface area contributed by atoms with Crippen LogP contribution in [0.2, 0.25) is 0 Å². The van der Waals surface area contributed by atoms with Crippen molar-refractivity contribution in [2.24, 2.45) is 5.92 Å². The van der Waals surface area contributed by atoms with Crippen molar-refractivity contribution in [1.29, 1.82) is 0 Å². The van der Waals surface area contributed by atoms with Crippen LogP contribution in [0.5, 0.6) is 0 Å². The lowest BCUT2D eigenvalue weighted by atomic mass is 10.4. The van der Waals surface area contributed by atoms with E-state index in [4.69, 9.17) is 9.47 Å². The van der Waals surface area contributed by atoms with Crippen LogP contribution in [0.15, 0.2) is 0 Å². The van der Waals surface area contributed by atoms with Crippen molar-refractivity contribution in [3.8, 4) is 0 Å². The number of methoxy groups -OCH3 is 2. The minimum absolute atomic E-state index is 0.337. The minimum Gasteiger partial charge on any atom is -0.465 e. The fourth-order valence-corrected chi connectivity index (χ4v) is 2.62. The third kappa shape index (κ3) is 3.51. The number of nitrogens with zero attached hydrogens (tertiary/aromatic N) is 1. The second kappa shape index (κ2) is 6.26. The molecule has 1 saturated carbocycles. The molecule has 1 heterocycles. The highest BCUT2D eigenvalue weighted by atomic mass is 32.1. The van der Waals surface area contributed by atoms with E-state index < -0.39 is 0 Å². The molecule has 0 saturated heterocycles. The molecule has 1 aliphatic rings. The maximum atomic E-state index is 11.6. The predicted octanol–water partition coefficient (Wildman–Crippen LogP) is 1.58. The molecule has 2 rings (SSSR count). The van der Waals surface area contributed by atoms with Gasteiger partial charge in [0, 0.05) is 13.7 Å². The van der Waals surface area contributed by atoms with Gasteiger partial charge in [-0.2, -0.15) is 0 Å². The van der Waals surface area contributed by atoms with Crippen LogP contribution in [0, 0.1) is 5.92 Å². The largest absolute Gasteiger partial charge is 0.465 e. The van der Waals surface area contributed by atoms with Crippen molar-refractivity contribution < 1.29 is 14.3 Å². The van der Waals surface area contributed by atoms with Crippen LogP contribution in [0.25, 0.3) is 0 Å². The van der Waals surface area contributed by atoms with Gasteiger partial charge in [0.25, 0.3) is 0 Å². The summed E-state index contributed by atoms with van der Waals surface area (Å²) in [5.41, 5.74) is 0.664. The van der Waals surface area contributed by atoms with E-state index in [9.17, 15) is 4.79 Å². The van der Waals surface area contributed by atoms with E-state index >= 15 is 0 Å². The topological polar surface area (TPSA) is 60.5 Å². The van der Waals surface area contributed by atoms with Crippen LogP contribution in [0.3, 0.4) is 0 Å².